The highest BCUT2D eigenvalue weighted by Gasteiger charge is 2.17. The van der Waals surface area contributed by atoms with Crippen molar-refractivity contribution in [3.63, 3.8) is 0 Å². The van der Waals surface area contributed by atoms with Gasteiger partial charge in [-0.05, 0) is 38.0 Å². The molecule has 2 aromatic carbocycles. The number of thioether (sulfide) groups is 1. The number of benzene rings is 2. The molecule has 1 N–H and O–H groups in total. The van der Waals surface area contributed by atoms with Gasteiger partial charge in [0.1, 0.15) is 0 Å². The summed E-state index contributed by atoms with van der Waals surface area (Å²) in [5.41, 5.74) is 3.55. The Morgan fingerprint density at radius 1 is 1.21 bits per heavy atom. The SMILES string of the molecule is CCn1c(SCC(=O)Nc2cccc(C)c2C)nnc1-c1cccc([N+](=O)[O-])c1. The molecule has 0 aliphatic carbocycles. The van der Waals surface area contributed by atoms with Crippen LogP contribution in [-0.4, -0.2) is 31.3 Å². The number of non-ortho nitro benzene ring substituents is 1. The van der Waals surface area contributed by atoms with Crippen LogP contribution in [-0.2, 0) is 11.3 Å². The quantitative estimate of drug-likeness (QED) is 0.355. The number of nitrogens with zero attached hydrogens (tertiary/aromatic N) is 4. The van der Waals surface area contributed by atoms with E-state index in [1.165, 1.54) is 23.9 Å². The third kappa shape index (κ3) is 4.62. The number of hydrogen-bond acceptors (Lipinski definition) is 6. The number of hydrogen-bond donors (Lipinski definition) is 1. The van der Waals surface area contributed by atoms with Gasteiger partial charge in [-0.15, -0.1) is 10.2 Å². The number of nitrogens with one attached hydrogen (secondary N) is 1. The fourth-order valence-electron chi connectivity index (χ4n) is 2.86. The number of aromatic nitrogens is 3. The Hall–Kier alpha value is -3.20. The number of aryl methyl sites for hydroxylation is 1. The number of anilines is 1. The van der Waals surface area contributed by atoms with Crippen LogP contribution in [0, 0.1) is 24.0 Å². The molecule has 3 rings (SSSR count). The van der Waals surface area contributed by atoms with Crippen molar-refractivity contribution in [3.8, 4) is 11.4 Å². The Balaban J connectivity index is 1.74. The molecule has 29 heavy (non-hydrogen) atoms. The summed E-state index contributed by atoms with van der Waals surface area (Å²) in [5.74, 6) is 0.584. The van der Waals surface area contributed by atoms with Crippen molar-refractivity contribution < 1.29 is 9.72 Å². The summed E-state index contributed by atoms with van der Waals surface area (Å²) in [6.45, 7) is 6.48. The molecule has 1 aromatic heterocycles. The largest absolute Gasteiger partial charge is 0.325 e. The van der Waals surface area contributed by atoms with Crippen molar-refractivity contribution in [1.29, 1.82) is 0 Å². The van der Waals surface area contributed by atoms with Gasteiger partial charge in [-0.3, -0.25) is 14.9 Å². The smallest absolute Gasteiger partial charge is 0.270 e. The molecule has 150 valence electrons. The van der Waals surface area contributed by atoms with Gasteiger partial charge in [-0.1, -0.05) is 36.0 Å². The van der Waals surface area contributed by atoms with Gasteiger partial charge in [0, 0.05) is 29.9 Å². The first-order valence-corrected chi connectivity index (χ1v) is 10.1. The molecule has 0 fully saturated rings. The predicted molar refractivity (Wildman–Crippen MR) is 113 cm³/mol. The number of amides is 1. The van der Waals surface area contributed by atoms with Gasteiger partial charge in [-0.2, -0.15) is 0 Å². The third-order valence-corrected chi connectivity index (χ3v) is 5.53. The van der Waals surface area contributed by atoms with Crippen molar-refractivity contribution in [2.45, 2.75) is 32.5 Å². The van der Waals surface area contributed by atoms with Crippen LogP contribution in [0.4, 0.5) is 11.4 Å². The van der Waals surface area contributed by atoms with Crippen molar-refractivity contribution >= 4 is 29.0 Å². The number of rotatable bonds is 7. The lowest BCUT2D eigenvalue weighted by Gasteiger charge is -2.10. The van der Waals surface area contributed by atoms with E-state index in [-0.39, 0.29) is 17.3 Å². The van der Waals surface area contributed by atoms with Crippen LogP contribution in [0.1, 0.15) is 18.1 Å². The number of carbonyl (C=O) groups is 1. The van der Waals surface area contributed by atoms with E-state index in [4.69, 9.17) is 0 Å². The Bertz CT molecular complexity index is 1060. The van der Waals surface area contributed by atoms with Gasteiger partial charge < -0.3 is 9.88 Å². The average Bonchev–Trinajstić information content (AvgIpc) is 3.13. The maximum Gasteiger partial charge on any atom is 0.270 e. The third-order valence-electron chi connectivity index (χ3n) is 4.56. The van der Waals surface area contributed by atoms with Gasteiger partial charge in [-0.25, -0.2) is 0 Å². The standard InChI is InChI=1S/C20H21N5O3S/c1-4-24-19(15-8-6-9-16(11-15)25(27)28)22-23-20(24)29-12-18(26)21-17-10-5-7-13(2)14(17)3/h5-11H,4,12H2,1-3H3,(H,21,26). The van der Waals surface area contributed by atoms with Gasteiger partial charge >= 0.3 is 0 Å². The minimum absolute atomic E-state index is 0.00439. The van der Waals surface area contributed by atoms with Crippen molar-refractivity contribution in [2.75, 3.05) is 11.1 Å². The first kappa shape index (κ1) is 20.5. The lowest BCUT2D eigenvalue weighted by Crippen LogP contribution is -2.15. The fraction of sp³-hybridized carbons (Fsp3) is 0.250. The molecule has 0 atom stereocenters. The summed E-state index contributed by atoms with van der Waals surface area (Å²) >= 11 is 1.28. The van der Waals surface area contributed by atoms with Crippen LogP contribution >= 0.6 is 11.8 Å². The molecule has 1 amide bonds. The van der Waals surface area contributed by atoms with E-state index in [1.807, 2.05) is 43.5 Å². The highest BCUT2D eigenvalue weighted by molar-refractivity contribution is 7.99. The van der Waals surface area contributed by atoms with E-state index < -0.39 is 4.92 Å². The van der Waals surface area contributed by atoms with Crippen LogP contribution in [0.2, 0.25) is 0 Å². The zero-order chi connectivity index (χ0) is 21.0. The molecule has 0 bridgehead atoms. The lowest BCUT2D eigenvalue weighted by molar-refractivity contribution is -0.384. The molecule has 0 unspecified atom stereocenters. The lowest BCUT2D eigenvalue weighted by atomic mass is 10.1. The van der Waals surface area contributed by atoms with Crippen LogP contribution in [0.3, 0.4) is 0 Å². The van der Waals surface area contributed by atoms with Crippen LogP contribution in [0.5, 0.6) is 0 Å². The molecular formula is C20H21N5O3S. The summed E-state index contributed by atoms with van der Waals surface area (Å²) in [6.07, 6.45) is 0. The molecular weight excluding hydrogens is 390 g/mol. The first-order valence-electron chi connectivity index (χ1n) is 9.07. The maximum absolute atomic E-state index is 12.4. The van der Waals surface area contributed by atoms with Gasteiger partial charge in [0.15, 0.2) is 11.0 Å². The summed E-state index contributed by atoms with van der Waals surface area (Å²) in [7, 11) is 0. The second-order valence-corrected chi connectivity index (χ2v) is 7.38. The normalized spacial score (nSPS) is 10.7. The molecule has 0 aliphatic rings. The van der Waals surface area contributed by atoms with Crippen LogP contribution < -0.4 is 5.32 Å². The molecule has 0 saturated carbocycles. The van der Waals surface area contributed by atoms with Crippen molar-refractivity contribution in [1.82, 2.24) is 14.8 Å². The molecule has 0 spiro atoms. The monoisotopic (exact) mass is 411 g/mol. The zero-order valence-electron chi connectivity index (χ0n) is 16.4. The van der Waals surface area contributed by atoms with Gasteiger partial charge in [0.25, 0.3) is 5.69 Å². The van der Waals surface area contributed by atoms with Crippen molar-refractivity contribution in [2.24, 2.45) is 0 Å². The molecule has 0 aliphatic heterocycles. The zero-order valence-corrected chi connectivity index (χ0v) is 17.2. The molecule has 3 aromatic rings. The fourth-order valence-corrected chi connectivity index (χ4v) is 3.66. The molecule has 8 nitrogen and oxygen atoms in total. The van der Waals surface area contributed by atoms with Crippen LogP contribution in [0.15, 0.2) is 47.6 Å². The second-order valence-electron chi connectivity index (χ2n) is 6.44. The van der Waals surface area contributed by atoms with E-state index in [0.717, 1.165) is 16.8 Å². The Morgan fingerprint density at radius 3 is 2.69 bits per heavy atom. The molecule has 9 heteroatoms. The van der Waals surface area contributed by atoms with E-state index in [0.29, 0.717) is 23.1 Å². The summed E-state index contributed by atoms with van der Waals surface area (Å²) in [4.78, 5) is 23.0. The molecule has 0 radical (unpaired) electrons. The highest BCUT2D eigenvalue weighted by atomic mass is 32.2. The molecule has 0 saturated heterocycles. The maximum atomic E-state index is 12.4. The Morgan fingerprint density at radius 2 is 1.97 bits per heavy atom. The van der Waals surface area contributed by atoms with E-state index in [9.17, 15) is 14.9 Å². The minimum Gasteiger partial charge on any atom is -0.325 e. The molecule has 1 heterocycles. The highest BCUT2D eigenvalue weighted by Crippen LogP contribution is 2.27. The van der Waals surface area contributed by atoms with Crippen molar-refractivity contribution in [3.05, 3.63) is 63.7 Å². The predicted octanol–water partition coefficient (Wildman–Crippen LogP) is 4.22. The number of nitro groups is 1. The van der Waals surface area contributed by atoms with E-state index in [1.54, 1.807) is 12.1 Å². The Labute approximate surface area is 172 Å². The van der Waals surface area contributed by atoms with Gasteiger partial charge in [0.2, 0.25) is 5.91 Å². The summed E-state index contributed by atoms with van der Waals surface area (Å²) in [5, 5.41) is 22.9. The summed E-state index contributed by atoms with van der Waals surface area (Å²) in [6, 6.07) is 12.1. The first-order chi connectivity index (χ1) is 13.9. The Kier molecular flexibility index (Phi) is 6.28. The number of carbonyl (C=O) groups excluding carboxylic acids is 1. The van der Waals surface area contributed by atoms with Crippen LogP contribution in [0.25, 0.3) is 11.4 Å². The van der Waals surface area contributed by atoms with E-state index >= 15 is 0 Å². The second kappa shape index (κ2) is 8.87. The van der Waals surface area contributed by atoms with Gasteiger partial charge in [0.05, 0.1) is 10.7 Å². The minimum atomic E-state index is -0.441. The number of nitro benzene ring substituents is 1. The topological polar surface area (TPSA) is 103 Å². The summed E-state index contributed by atoms with van der Waals surface area (Å²) < 4.78 is 1.84. The van der Waals surface area contributed by atoms with E-state index in [2.05, 4.69) is 15.5 Å². The average molecular weight is 411 g/mol.